The molecule has 2 aromatic rings. The summed E-state index contributed by atoms with van der Waals surface area (Å²) >= 11 is 0. The summed E-state index contributed by atoms with van der Waals surface area (Å²) in [6.45, 7) is 3.89. The smallest absolute Gasteiger partial charge is 0.123 e. The molecule has 0 heterocycles. The summed E-state index contributed by atoms with van der Waals surface area (Å²) in [6.07, 6.45) is 0. The van der Waals surface area contributed by atoms with Crippen LogP contribution in [-0.2, 0) is 13.1 Å². The van der Waals surface area contributed by atoms with Gasteiger partial charge in [-0.3, -0.25) is 0 Å². The Morgan fingerprint density at radius 2 is 1.86 bits per heavy atom. The van der Waals surface area contributed by atoms with Gasteiger partial charge < -0.3 is 15.0 Å². The van der Waals surface area contributed by atoms with Gasteiger partial charge >= 0.3 is 0 Å². The Hall–Kier alpha value is -2.00. The molecule has 112 valence electrons. The number of nitrogens with zero attached hydrogens (tertiary/aromatic N) is 1. The number of benzene rings is 2. The lowest BCUT2D eigenvalue weighted by atomic mass is 10.1. The van der Waals surface area contributed by atoms with Gasteiger partial charge in [0.25, 0.3) is 0 Å². The number of hydrogen-bond donors (Lipinski definition) is 1. The summed E-state index contributed by atoms with van der Waals surface area (Å²) in [5, 5.41) is 3.20. The minimum Gasteiger partial charge on any atom is -0.496 e. The minimum atomic E-state index is 0.828. The van der Waals surface area contributed by atoms with Crippen LogP contribution in [0.1, 0.15) is 16.7 Å². The number of aryl methyl sites for hydroxylation is 1. The number of nitrogens with one attached hydrogen (secondary N) is 1. The Bertz CT molecular complexity index is 596. The largest absolute Gasteiger partial charge is 0.496 e. The molecule has 3 heteroatoms. The molecule has 0 aliphatic rings. The summed E-state index contributed by atoms with van der Waals surface area (Å²) in [6, 6.07) is 14.8. The van der Waals surface area contributed by atoms with Gasteiger partial charge in [0.1, 0.15) is 5.75 Å². The predicted molar refractivity (Wildman–Crippen MR) is 89.0 cm³/mol. The van der Waals surface area contributed by atoms with E-state index < -0.39 is 0 Å². The highest BCUT2D eigenvalue weighted by molar-refractivity contribution is 5.51. The lowest BCUT2D eigenvalue weighted by Gasteiger charge is -2.22. The van der Waals surface area contributed by atoms with Crippen molar-refractivity contribution in [1.29, 1.82) is 0 Å². The number of methoxy groups -OCH3 is 1. The van der Waals surface area contributed by atoms with Gasteiger partial charge in [-0.15, -0.1) is 0 Å². The number of para-hydroxylation sites is 1. The molecule has 0 saturated carbocycles. The summed E-state index contributed by atoms with van der Waals surface area (Å²) in [5.41, 5.74) is 5.07. The number of anilines is 1. The van der Waals surface area contributed by atoms with E-state index in [0.29, 0.717) is 0 Å². The normalized spacial score (nSPS) is 10.5. The molecule has 21 heavy (non-hydrogen) atoms. The third kappa shape index (κ3) is 3.76. The van der Waals surface area contributed by atoms with Gasteiger partial charge in [0, 0.05) is 31.4 Å². The van der Waals surface area contributed by atoms with E-state index in [1.54, 1.807) is 7.11 Å². The van der Waals surface area contributed by atoms with Crippen molar-refractivity contribution in [3.8, 4) is 5.75 Å². The lowest BCUT2D eigenvalue weighted by Crippen LogP contribution is -2.17. The van der Waals surface area contributed by atoms with Gasteiger partial charge in [-0.2, -0.15) is 0 Å². The number of rotatable bonds is 6. The molecule has 0 saturated heterocycles. The summed E-state index contributed by atoms with van der Waals surface area (Å²) in [4.78, 5) is 2.24. The maximum absolute atomic E-state index is 5.42. The highest BCUT2D eigenvalue weighted by Gasteiger charge is 2.08. The molecule has 0 aliphatic carbocycles. The molecule has 1 N–H and O–H groups in total. The van der Waals surface area contributed by atoms with Crippen molar-refractivity contribution >= 4 is 5.69 Å². The molecule has 0 amide bonds. The van der Waals surface area contributed by atoms with Crippen LogP contribution in [0.4, 0.5) is 5.69 Å². The molecule has 3 nitrogen and oxygen atoms in total. The van der Waals surface area contributed by atoms with Crippen molar-refractivity contribution < 1.29 is 4.74 Å². The van der Waals surface area contributed by atoms with Gasteiger partial charge in [0.15, 0.2) is 0 Å². The molecule has 0 spiro atoms. The Morgan fingerprint density at radius 3 is 2.52 bits per heavy atom. The molecule has 0 aromatic heterocycles. The fourth-order valence-electron chi connectivity index (χ4n) is 2.49. The van der Waals surface area contributed by atoms with Crippen LogP contribution < -0.4 is 15.0 Å². The van der Waals surface area contributed by atoms with E-state index in [2.05, 4.69) is 48.5 Å². The molecule has 0 unspecified atom stereocenters. The average Bonchev–Trinajstić information content (AvgIpc) is 2.50. The Kier molecular flexibility index (Phi) is 5.23. The first-order chi connectivity index (χ1) is 10.2. The number of hydrogen-bond acceptors (Lipinski definition) is 3. The van der Waals surface area contributed by atoms with Crippen molar-refractivity contribution in [1.82, 2.24) is 5.32 Å². The maximum Gasteiger partial charge on any atom is 0.123 e. The first-order valence-corrected chi connectivity index (χ1v) is 7.23. The highest BCUT2D eigenvalue weighted by Crippen LogP contribution is 2.23. The summed E-state index contributed by atoms with van der Waals surface area (Å²) < 4.78 is 5.42. The van der Waals surface area contributed by atoms with Crippen molar-refractivity contribution in [3.05, 3.63) is 59.2 Å². The second kappa shape index (κ2) is 7.14. The molecule has 2 aromatic carbocycles. The molecule has 0 aliphatic heterocycles. The minimum absolute atomic E-state index is 0.828. The van der Waals surface area contributed by atoms with Crippen LogP contribution >= 0.6 is 0 Å². The third-order valence-electron chi connectivity index (χ3n) is 3.73. The van der Waals surface area contributed by atoms with E-state index in [-0.39, 0.29) is 0 Å². The van der Waals surface area contributed by atoms with Crippen molar-refractivity contribution in [2.75, 3.05) is 26.1 Å². The van der Waals surface area contributed by atoms with Crippen LogP contribution in [-0.4, -0.2) is 21.2 Å². The van der Waals surface area contributed by atoms with Crippen molar-refractivity contribution in [2.45, 2.75) is 20.0 Å². The van der Waals surface area contributed by atoms with Crippen molar-refractivity contribution in [3.63, 3.8) is 0 Å². The van der Waals surface area contributed by atoms with E-state index >= 15 is 0 Å². The van der Waals surface area contributed by atoms with E-state index in [1.165, 1.54) is 22.4 Å². The molecule has 0 radical (unpaired) electrons. The van der Waals surface area contributed by atoms with Crippen molar-refractivity contribution in [2.24, 2.45) is 0 Å². The summed E-state index contributed by atoms with van der Waals surface area (Å²) in [7, 11) is 5.80. The summed E-state index contributed by atoms with van der Waals surface area (Å²) in [5.74, 6) is 0.938. The standard InChI is InChI=1S/C18H24N2O/c1-14-11-17(10-9-15(14)12-19-2)20(3)13-16-7-5-6-8-18(16)21-4/h5-11,19H,12-13H2,1-4H3. The molecule has 0 atom stereocenters. The zero-order valence-electron chi connectivity index (χ0n) is 13.3. The van der Waals surface area contributed by atoms with Gasteiger partial charge in [-0.05, 0) is 43.3 Å². The van der Waals surface area contributed by atoms with E-state index in [4.69, 9.17) is 4.74 Å². The maximum atomic E-state index is 5.42. The first-order valence-electron chi connectivity index (χ1n) is 7.23. The third-order valence-corrected chi connectivity index (χ3v) is 3.73. The quantitative estimate of drug-likeness (QED) is 0.880. The Labute approximate surface area is 127 Å². The first kappa shape index (κ1) is 15.4. The van der Waals surface area contributed by atoms with E-state index in [9.17, 15) is 0 Å². The second-order valence-electron chi connectivity index (χ2n) is 5.31. The Balaban J connectivity index is 2.16. The average molecular weight is 284 g/mol. The lowest BCUT2D eigenvalue weighted by molar-refractivity contribution is 0.409. The predicted octanol–water partition coefficient (Wildman–Crippen LogP) is 3.36. The van der Waals surface area contributed by atoms with Crippen LogP contribution in [0.2, 0.25) is 0 Å². The van der Waals surface area contributed by atoms with Gasteiger partial charge in [0.05, 0.1) is 7.11 Å². The topological polar surface area (TPSA) is 24.5 Å². The second-order valence-corrected chi connectivity index (χ2v) is 5.31. The highest BCUT2D eigenvalue weighted by atomic mass is 16.5. The van der Waals surface area contributed by atoms with Crippen LogP contribution in [0.3, 0.4) is 0 Å². The van der Waals surface area contributed by atoms with Gasteiger partial charge in [-0.1, -0.05) is 24.3 Å². The van der Waals surface area contributed by atoms with Crippen LogP contribution in [0.15, 0.2) is 42.5 Å². The van der Waals surface area contributed by atoms with Gasteiger partial charge in [-0.25, -0.2) is 0 Å². The molecule has 0 fully saturated rings. The zero-order valence-corrected chi connectivity index (χ0v) is 13.3. The number of ether oxygens (including phenoxy) is 1. The fraction of sp³-hybridized carbons (Fsp3) is 0.333. The molecule has 2 rings (SSSR count). The van der Waals surface area contributed by atoms with Crippen LogP contribution in [0, 0.1) is 6.92 Å². The fourth-order valence-corrected chi connectivity index (χ4v) is 2.49. The zero-order chi connectivity index (χ0) is 15.2. The molecular formula is C18H24N2O. The monoisotopic (exact) mass is 284 g/mol. The molecule has 0 bridgehead atoms. The van der Waals surface area contributed by atoms with Gasteiger partial charge in [0.2, 0.25) is 0 Å². The SMILES string of the molecule is CNCc1ccc(N(C)Cc2ccccc2OC)cc1C. The van der Waals surface area contributed by atoms with Crippen LogP contribution in [0.5, 0.6) is 5.75 Å². The van der Waals surface area contributed by atoms with E-state index in [0.717, 1.165) is 18.8 Å². The Morgan fingerprint density at radius 1 is 1.10 bits per heavy atom. The van der Waals surface area contributed by atoms with Crippen LogP contribution in [0.25, 0.3) is 0 Å². The van der Waals surface area contributed by atoms with E-state index in [1.807, 2.05) is 25.2 Å². The molecular weight excluding hydrogens is 260 g/mol.